The van der Waals surface area contributed by atoms with Crippen LogP contribution in [0.1, 0.15) is 13.8 Å². The smallest absolute Gasteiger partial charge is 0.0948 e. The third-order valence-corrected chi connectivity index (χ3v) is 3.34. The third kappa shape index (κ3) is 4.56. The average molecular weight is 309 g/mol. The zero-order chi connectivity index (χ0) is 15.2. The molecule has 2 rings (SSSR count). The van der Waals surface area contributed by atoms with Gasteiger partial charge in [0.15, 0.2) is 0 Å². The highest BCUT2D eigenvalue weighted by Gasteiger charge is 2.08. The first-order chi connectivity index (χ1) is 10.1. The summed E-state index contributed by atoms with van der Waals surface area (Å²) in [6.45, 7) is 5.55. The molecular weight excluding hydrogens is 288 g/mol. The molecule has 0 aliphatic heterocycles. The molecule has 1 aromatic carbocycles. The summed E-state index contributed by atoms with van der Waals surface area (Å²) in [5.74, 6) is 0.467. The van der Waals surface area contributed by atoms with Crippen LogP contribution in [-0.2, 0) is 4.74 Å². The van der Waals surface area contributed by atoms with Gasteiger partial charge in [-0.25, -0.2) is 0 Å². The number of fused-ring (bicyclic) bond motifs is 1. The summed E-state index contributed by atoms with van der Waals surface area (Å²) in [6.07, 6.45) is 1.17. The van der Waals surface area contributed by atoms with Gasteiger partial charge in [-0.3, -0.25) is 4.98 Å². The number of benzene rings is 1. The first-order valence-corrected chi connectivity index (χ1v) is 7.48. The maximum atomic E-state index is 9.92. The molecule has 114 valence electrons. The molecule has 1 heterocycles. The van der Waals surface area contributed by atoms with Gasteiger partial charge < -0.3 is 15.2 Å². The number of hydrogen-bond donors (Lipinski definition) is 2. The Morgan fingerprint density at radius 2 is 2.10 bits per heavy atom. The van der Waals surface area contributed by atoms with Crippen molar-refractivity contribution in [2.45, 2.75) is 20.0 Å². The van der Waals surface area contributed by atoms with Crippen molar-refractivity contribution >= 4 is 28.2 Å². The Kier molecular flexibility index (Phi) is 5.79. The zero-order valence-corrected chi connectivity index (χ0v) is 13.1. The number of rotatable bonds is 7. The fourth-order valence-electron chi connectivity index (χ4n) is 2.01. The summed E-state index contributed by atoms with van der Waals surface area (Å²) < 4.78 is 5.43. The minimum atomic E-state index is -0.557. The van der Waals surface area contributed by atoms with Gasteiger partial charge in [0.05, 0.1) is 28.9 Å². The highest BCUT2D eigenvalue weighted by Crippen LogP contribution is 2.27. The Hall–Kier alpha value is -1.36. The monoisotopic (exact) mass is 308 g/mol. The van der Waals surface area contributed by atoms with Crippen LogP contribution in [0.15, 0.2) is 30.5 Å². The van der Waals surface area contributed by atoms with E-state index in [1.807, 2.05) is 24.3 Å². The number of aliphatic hydroxyl groups is 1. The SMILES string of the molecule is CC(C)COCC(O)CNc1ccc(Cl)c2cccnc12. The van der Waals surface area contributed by atoms with Crippen LogP contribution in [0.3, 0.4) is 0 Å². The lowest BCUT2D eigenvalue weighted by molar-refractivity contribution is 0.0318. The lowest BCUT2D eigenvalue weighted by Gasteiger charge is -2.15. The molecule has 0 saturated heterocycles. The predicted molar refractivity (Wildman–Crippen MR) is 86.9 cm³/mol. The Balaban J connectivity index is 1.96. The molecule has 0 aliphatic carbocycles. The average Bonchev–Trinajstić information content (AvgIpc) is 2.46. The number of nitrogens with one attached hydrogen (secondary N) is 1. The van der Waals surface area contributed by atoms with Gasteiger partial charge >= 0.3 is 0 Å². The molecular formula is C16H21ClN2O2. The fraction of sp³-hybridized carbons (Fsp3) is 0.438. The van der Waals surface area contributed by atoms with E-state index < -0.39 is 6.10 Å². The number of aliphatic hydroxyl groups excluding tert-OH is 1. The maximum absolute atomic E-state index is 9.92. The summed E-state index contributed by atoms with van der Waals surface area (Å²) in [4.78, 5) is 4.35. The van der Waals surface area contributed by atoms with E-state index >= 15 is 0 Å². The molecule has 1 atom stereocenters. The molecule has 2 aromatic rings. The van der Waals surface area contributed by atoms with E-state index in [0.717, 1.165) is 16.6 Å². The lowest BCUT2D eigenvalue weighted by atomic mass is 10.2. The molecule has 21 heavy (non-hydrogen) atoms. The second kappa shape index (κ2) is 7.59. The molecule has 0 bridgehead atoms. The number of aromatic nitrogens is 1. The number of hydrogen-bond acceptors (Lipinski definition) is 4. The molecule has 4 nitrogen and oxygen atoms in total. The number of anilines is 1. The zero-order valence-electron chi connectivity index (χ0n) is 12.3. The van der Waals surface area contributed by atoms with Crippen molar-refractivity contribution < 1.29 is 9.84 Å². The molecule has 2 N–H and O–H groups in total. The standard InChI is InChI=1S/C16H21ClN2O2/c1-11(2)9-21-10-12(20)8-19-15-6-5-14(17)13-4-3-7-18-16(13)15/h3-7,11-12,19-20H,8-10H2,1-2H3. The summed E-state index contributed by atoms with van der Waals surface area (Å²) >= 11 is 6.15. The number of halogens is 1. The van der Waals surface area contributed by atoms with Crippen molar-refractivity contribution in [2.24, 2.45) is 5.92 Å². The molecule has 1 aromatic heterocycles. The summed E-state index contributed by atoms with van der Waals surface area (Å²) in [5, 5.41) is 14.7. The van der Waals surface area contributed by atoms with Crippen LogP contribution in [-0.4, -0.2) is 36.0 Å². The first kappa shape index (κ1) is 16.0. The second-order valence-corrected chi connectivity index (χ2v) is 5.87. The predicted octanol–water partition coefficient (Wildman–Crippen LogP) is 3.33. The van der Waals surface area contributed by atoms with Crippen molar-refractivity contribution in [3.05, 3.63) is 35.5 Å². The van der Waals surface area contributed by atoms with Crippen LogP contribution < -0.4 is 5.32 Å². The highest BCUT2D eigenvalue weighted by molar-refractivity contribution is 6.35. The normalized spacial score (nSPS) is 12.8. The van der Waals surface area contributed by atoms with Gasteiger partial charge in [0.2, 0.25) is 0 Å². The van der Waals surface area contributed by atoms with E-state index in [9.17, 15) is 5.11 Å². The van der Waals surface area contributed by atoms with Crippen LogP contribution in [0.5, 0.6) is 0 Å². The molecule has 5 heteroatoms. The Morgan fingerprint density at radius 3 is 2.86 bits per heavy atom. The van der Waals surface area contributed by atoms with Gasteiger partial charge in [-0.2, -0.15) is 0 Å². The maximum Gasteiger partial charge on any atom is 0.0948 e. The number of nitrogens with zero attached hydrogens (tertiary/aromatic N) is 1. The van der Waals surface area contributed by atoms with Crippen LogP contribution in [0.25, 0.3) is 10.9 Å². The van der Waals surface area contributed by atoms with Crippen LogP contribution in [0.2, 0.25) is 5.02 Å². The van der Waals surface area contributed by atoms with E-state index in [0.29, 0.717) is 30.7 Å². The van der Waals surface area contributed by atoms with Gasteiger partial charge in [-0.15, -0.1) is 0 Å². The largest absolute Gasteiger partial charge is 0.389 e. The number of pyridine rings is 1. The lowest BCUT2D eigenvalue weighted by Crippen LogP contribution is -2.25. The van der Waals surface area contributed by atoms with E-state index in [2.05, 4.69) is 24.1 Å². The van der Waals surface area contributed by atoms with Gasteiger partial charge in [0.25, 0.3) is 0 Å². The molecule has 0 spiro atoms. The van der Waals surface area contributed by atoms with Gasteiger partial charge in [0.1, 0.15) is 0 Å². The molecule has 0 saturated carbocycles. The number of ether oxygens (including phenoxy) is 1. The molecule has 0 aliphatic rings. The second-order valence-electron chi connectivity index (χ2n) is 5.46. The molecule has 0 amide bonds. The van der Waals surface area contributed by atoms with E-state index in [4.69, 9.17) is 16.3 Å². The Morgan fingerprint density at radius 1 is 1.29 bits per heavy atom. The van der Waals surface area contributed by atoms with Crippen molar-refractivity contribution in [1.29, 1.82) is 0 Å². The van der Waals surface area contributed by atoms with Crippen molar-refractivity contribution in [2.75, 3.05) is 25.1 Å². The van der Waals surface area contributed by atoms with Gasteiger partial charge in [-0.05, 0) is 30.2 Å². The van der Waals surface area contributed by atoms with E-state index in [1.165, 1.54) is 0 Å². The van der Waals surface area contributed by atoms with E-state index in [1.54, 1.807) is 6.20 Å². The summed E-state index contributed by atoms with van der Waals surface area (Å²) in [6, 6.07) is 7.49. The minimum Gasteiger partial charge on any atom is -0.389 e. The molecule has 1 unspecified atom stereocenters. The van der Waals surface area contributed by atoms with Crippen LogP contribution >= 0.6 is 11.6 Å². The van der Waals surface area contributed by atoms with Crippen molar-refractivity contribution in [3.8, 4) is 0 Å². The minimum absolute atomic E-state index is 0.324. The summed E-state index contributed by atoms with van der Waals surface area (Å²) in [7, 11) is 0. The highest BCUT2D eigenvalue weighted by atomic mass is 35.5. The quantitative estimate of drug-likeness (QED) is 0.824. The third-order valence-electron chi connectivity index (χ3n) is 3.01. The first-order valence-electron chi connectivity index (χ1n) is 7.11. The van der Waals surface area contributed by atoms with Gasteiger partial charge in [-0.1, -0.05) is 25.4 Å². The molecule has 0 fully saturated rings. The Labute approximate surface area is 130 Å². The Bertz CT molecular complexity index is 589. The van der Waals surface area contributed by atoms with Crippen LogP contribution in [0.4, 0.5) is 5.69 Å². The van der Waals surface area contributed by atoms with E-state index in [-0.39, 0.29) is 0 Å². The van der Waals surface area contributed by atoms with Crippen molar-refractivity contribution in [1.82, 2.24) is 4.98 Å². The summed E-state index contributed by atoms with van der Waals surface area (Å²) in [5.41, 5.74) is 1.67. The molecule has 0 radical (unpaired) electrons. The fourth-order valence-corrected chi connectivity index (χ4v) is 2.22. The van der Waals surface area contributed by atoms with Crippen molar-refractivity contribution in [3.63, 3.8) is 0 Å². The van der Waals surface area contributed by atoms with Gasteiger partial charge in [0, 0.05) is 24.7 Å². The van der Waals surface area contributed by atoms with Crippen LogP contribution in [0, 0.1) is 5.92 Å². The topological polar surface area (TPSA) is 54.4 Å².